The van der Waals surface area contributed by atoms with Crippen molar-refractivity contribution in [2.24, 2.45) is 0 Å². The Kier molecular flexibility index (Phi) is 5.68. The molecule has 104 valence electrons. The third kappa shape index (κ3) is 3.87. The molecule has 0 saturated carbocycles. The Morgan fingerprint density at radius 1 is 1.63 bits per heavy atom. The van der Waals surface area contributed by atoms with Crippen LogP contribution in [0.3, 0.4) is 0 Å². The molecule has 0 aromatic carbocycles. The van der Waals surface area contributed by atoms with Crippen LogP contribution < -0.4 is 5.32 Å². The van der Waals surface area contributed by atoms with Crippen molar-refractivity contribution in [2.45, 2.75) is 13.1 Å². The number of esters is 1. The number of hydrogen-bond acceptors (Lipinski definition) is 4. The first-order valence-corrected chi connectivity index (χ1v) is 6.67. The maximum absolute atomic E-state index is 13.6. The lowest BCUT2D eigenvalue weighted by molar-refractivity contribution is -0.114. The Hall–Kier alpha value is -1.21. The standard InChI is InChI=1S/C11H11BrClFN2O3/c1-5(17)15-8-3-7(6(14)4-12)16-10(9(8)13)11(18)19-2/h3,6H,4H2,1-2H3,(H,15,16,17). The normalized spacial score (nSPS) is 11.8. The summed E-state index contributed by atoms with van der Waals surface area (Å²) in [5, 5.41) is 2.32. The molecule has 0 spiro atoms. The van der Waals surface area contributed by atoms with Crippen molar-refractivity contribution in [3.05, 3.63) is 22.5 Å². The van der Waals surface area contributed by atoms with Crippen LogP contribution in [-0.2, 0) is 9.53 Å². The molecule has 1 amide bonds. The number of ether oxygens (including phenoxy) is 1. The van der Waals surface area contributed by atoms with Gasteiger partial charge in [0.2, 0.25) is 5.91 Å². The average molecular weight is 354 g/mol. The predicted molar refractivity (Wildman–Crippen MR) is 72.5 cm³/mol. The molecule has 0 saturated heterocycles. The van der Waals surface area contributed by atoms with Gasteiger partial charge in [0.1, 0.15) is 0 Å². The fourth-order valence-electron chi connectivity index (χ4n) is 1.30. The van der Waals surface area contributed by atoms with Gasteiger partial charge >= 0.3 is 5.97 Å². The number of pyridine rings is 1. The van der Waals surface area contributed by atoms with E-state index in [1.807, 2.05) is 0 Å². The van der Waals surface area contributed by atoms with E-state index < -0.39 is 18.0 Å². The highest BCUT2D eigenvalue weighted by molar-refractivity contribution is 9.09. The summed E-state index contributed by atoms with van der Waals surface area (Å²) in [4.78, 5) is 26.4. The van der Waals surface area contributed by atoms with Crippen molar-refractivity contribution >= 4 is 45.1 Å². The minimum Gasteiger partial charge on any atom is -0.464 e. The summed E-state index contributed by atoms with van der Waals surface area (Å²) in [5.74, 6) is -1.20. The second kappa shape index (κ2) is 6.81. The number of amides is 1. The molecule has 0 aliphatic heterocycles. The lowest BCUT2D eigenvalue weighted by atomic mass is 10.2. The third-order valence-corrected chi connectivity index (χ3v) is 3.07. The van der Waals surface area contributed by atoms with Gasteiger partial charge in [-0.2, -0.15) is 0 Å². The van der Waals surface area contributed by atoms with E-state index in [0.717, 1.165) is 7.11 Å². The van der Waals surface area contributed by atoms with Crippen LogP contribution in [0.2, 0.25) is 5.02 Å². The lowest BCUT2D eigenvalue weighted by Gasteiger charge is -2.12. The Bertz CT molecular complexity index is 513. The van der Waals surface area contributed by atoms with E-state index in [1.54, 1.807) is 0 Å². The molecule has 1 atom stereocenters. The molecule has 0 fully saturated rings. The highest BCUT2D eigenvalue weighted by Gasteiger charge is 2.21. The van der Waals surface area contributed by atoms with Crippen LogP contribution in [0.4, 0.5) is 10.1 Å². The maximum Gasteiger partial charge on any atom is 0.358 e. The highest BCUT2D eigenvalue weighted by Crippen LogP contribution is 2.30. The molecule has 1 heterocycles. The zero-order chi connectivity index (χ0) is 14.6. The van der Waals surface area contributed by atoms with Crippen molar-refractivity contribution in [3.8, 4) is 0 Å². The van der Waals surface area contributed by atoms with Gasteiger partial charge in [0.15, 0.2) is 11.9 Å². The Balaban J connectivity index is 3.37. The number of hydrogen-bond donors (Lipinski definition) is 1. The van der Waals surface area contributed by atoms with Gasteiger partial charge in [-0.1, -0.05) is 27.5 Å². The molecule has 0 aliphatic rings. The first kappa shape index (κ1) is 15.8. The number of anilines is 1. The summed E-state index contributed by atoms with van der Waals surface area (Å²) in [6, 6.07) is 1.28. The summed E-state index contributed by atoms with van der Waals surface area (Å²) in [6.07, 6.45) is -1.44. The molecule has 1 unspecified atom stereocenters. The number of aromatic nitrogens is 1. The summed E-state index contributed by atoms with van der Waals surface area (Å²) >= 11 is 8.91. The van der Waals surface area contributed by atoms with E-state index >= 15 is 0 Å². The van der Waals surface area contributed by atoms with Crippen molar-refractivity contribution in [1.82, 2.24) is 4.98 Å². The highest BCUT2D eigenvalue weighted by atomic mass is 79.9. The van der Waals surface area contributed by atoms with Crippen LogP contribution in [0.25, 0.3) is 0 Å². The first-order chi connectivity index (χ1) is 8.90. The molecule has 0 aliphatic carbocycles. The van der Waals surface area contributed by atoms with Gasteiger partial charge < -0.3 is 10.1 Å². The number of alkyl halides is 2. The minimum absolute atomic E-state index is 0.00174. The van der Waals surface area contributed by atoms with Gasteiger partial charge in [0.05, 0.1) is 23.5 Å². The molecule has 19 heavy (non-hydrogen) atoms. The third-order valence-electron chi connectivity index (χ3n) is 2.12. The molecule has 1 rings (SSSR count). The number of nitrogens with one attached hydrogen (secondary N) is 1. The molecule has 0 bridgehead atoms. The van der Waals surface area contributed by atoms with E-state index in [0.29, 0.717) is 0 Å². The number of rotatable bonds is 4. The van der Waals surface area contributed by atoms with Gasteiger partial charge in [-0.3, -0.25) is 4.79 Å². The second-order valence-corrected chi connectivity index (χ2v) is 4.58. The summed E-state index contributed by atoms with van der Waals surface area (Å²) in [5.41, 5.74) is -0.150. The monoisotopic (exact) mass is 352 g/mol. The lowest BCUT2D eigenvalue weighted by Crippen LogP contribution is -2.13. The number of nitrogens with zero attached hydrogens (tertiary/aromatic N) is 1. The smallest absolute Gasteiger partial charge is 0.358 e. The van der Waals surface area contributed by atoms with E-state index in [9.17, 15) is 14.0 Å². The molecule has 0 radical (unpaired) electrons. The largest absolute Gasteiger partial charge is 0.464 e. The summed E-state index contributed by atoms with van der Waals surface area (Å²) in [7, 11) is 1.16. The van der Waals surface area contributed by atoms with Crippen LogP contribution in [0, 0.1) is 0 Å². The Labute approximate surface area is 122 Å². The number of carbonyl (C=O) groups is 2. The molecular weight excluding hydrogens is 342 g/mol. The first-order valence-electron chi connectivity index (χ1n) is 5.17. The molecule has 1 aromatic heterocycles. The zero-order valence-electron chi connectivity index (χ0n) is 10.2. The van der Waals surface area contributed by atoms with Crippen LogP contribution in [0.1, 0.15) is 29.3 Å². The van der Waals surface area contributed by atoms with E-state index in [-0.39, 0.29) is 27.4 Å². The van der Waals surface area contributed by atoms with Gasteiger partial charge in [-0.05, 0) is 6.07 Å². The SMILES string of the molecule is COC(=O)c1nc(C(F)CBr)cc(NC(C)=O)c1Cl. The second-order valence-electron chi connectivity index (χ2n) is 3.55. The molecule has 1 N–H and O–H groups in total. The number of methoxy groups -OCH3 is 1. The fraction of sp³-hybridized carbons (Fsp3) is 0.364. The summed E-state index contributed by atoms with van der Waals surface area (Å²) < 4.78 is 18.2. The van der Waals surface area contributed by atoms with Gasteiger partial charge in [0.25, 0.3) is 0 Å². The van der Waals surface area contributed by atoms with Crippen molar-refractivity contribution in [2.75, 3.05) is 17.8 Å². The van der Waals surface area contributed by atoms with Gasteiger partial charge in [-0.15, -0.1) is 0 Å². The van der Waals surface area contributed by atoms with Crippen molar-refractivity contribution < 1.29 is 18.7 Å². The summed E-state index contributed by atoms with van der Waals surface area (Å²) in [6.45, 7) is 1.27. The fourth-order valence-corrected chi connectivity index (χ4v) is 1.85. The van der Waals surface area contributed by atoms with Crippen LogP contribution in [0.5, 0.6) is 0 Å². The van der Waals surface area contributed by atoms with Crippen molar-refractivity contribution in [1.29, 1.82) is 0 Å². The Morgan fingerprint density at radius 3 is 2.74 bits per heavy atom. The van der Waals surface area contributed by atoms with E-state index in [1.165, 1.54) is 13.0 Å². The minimum atomic E-state index is -1.44. The zero-order valence-corrected chi connectivity index (χ0v) is 12.5. The maximum atomic E-state index is 13.6. The molecule has 1 aromatic rings. The molecule has 5 nitrogen and oxygen atoms in total. The van der Waals surface area contributed by atoms with E-state index in [2.05, 4.69) is 31.0 Å². The Morgan fingerprint density at radius 2 is 2.26 bits per heavy atom. The van der Waals surface area contributed by atoms with Crippen molar-refractivity contribution in [3.63, 3.8) is 0 Å². The van der Waals surface area contributed by atoms with Gasteiger partial charge in [0, 0.05) is 12.3 Å². The van der Waals surface area contributed by atoms with Crippen LogP contribution in [0.15, 0.2) is 6.07 Å². The topological polar surface area (TPSA) is 68.3 Å². The predicted octanol–water partition coefficient (Wildman–Crippen LogP) is 2.89. The van der Waals surface area contributed by atoms with Crippen LogP contribution in [-0.4, -0.2) is 29.3 Å². The molecular formula is C11H11BrClFN2O3. The van der Waals surface area contributed by atoms with Crippen LogP contribution >= 0.6 is 27.5 Å². The average Bonchev–Trinajstić information content (AvgIpc) is 2.38. The number of halogens is 3. The van der Waals surface area contributed by atoms with E-state index in [4.69, 9.17) is 11.6 Å². The quantitative estimate of drug-likeness (QED) is 0.667. The number of carbonyl (C=O) groups excluding carboxylic acids is 2. The van der Waals surface area contributed by atoms with Gasteiger partial charge in [-0.25, -0.2) is 14.2 Å². The molecule has 8 heteroatoms.